The Labute approximate surface area is 243 Å². The van der Waals surface area contributed by atoms with Crippen LogP contribution >= 0.6 is 0 Å². The first-order valence-corrected chi connectivity index (χ1v) is 15.5. The molecule has 3 heterocycles. The largest absolute Gasteiger partial charge is 0.490 e. The Kier molecular flexibility index (Phi) is 10.1. The zero-order chi connectivity index (χ0) is 28.8. The summed E-state index contributed by atoms with van der Waals surface area (Å²) >= 11 is 0. The first kappa shape index (κ1) is 30.1. The summed E-state index contributed by atoms with van der Waals surface area (Å²) in [7, 11) is 1.94. The van der Waals surface area contributed by atoms with E-state index < -0.39 is 17.9 Å². The number of nitrogens with one attached hydrogen (secondary N) is 1. The van der Waals surface area contributed by atoms with E-state index in [-0.39, 0.29) is 12.3 Å². The van der Waals surface area contributed by atoms with Crippen molar-refractivity contribution in [2.75, 3.05) is 31.7 Å². The Morgan fingerprint density at radius 3 is 2.71 bits per heavy atom. The van der Waals surface area contributed by atoms with Gasteiger partial charge in [0.2, 0.25) is 0 Å². The average molecular weight is 570 g/mol. The number of nitrogens with zero attached hydrogens (tertiary/aromatic N) is 4. The molecule has 0 radical (unpaired) electrons. The standard InChI is InChI=1S/C31H47N5O5/c1-4-31(5-2,41-28-14-6-7-17-39-28)20-40-21-15-16-32-25(18-21)29-34-23-11-8-10-22(23)30(35-29)36(3)19-27(38)33-24-12-9-13-26(24)37/h15-16,18,24,26-28,33,37-38H,4-14,17,19-20H2,1-3H3/t24-,26+,27?,28?/m1/s1. The Hall–Kier alpha value is -2.37. The molecular weight excluding hydrogens is 522 g/mol. The zero-order valence-electron chi connectivity index (χ0n) is 24.8. The summed E-state index contributed by atoms with van der Waals surface area (Å²) in [5.74, 6) is 2.07. The van der Waals surface area contributed by atoms with Crippen molar-refractivity contribution in [3.63, 3.8) is 0 Å². The third kappa shape index (κ3) is 7.35. The van der Waals surface area contributed by atoms with Gasteiger partial charge >= 0.3 is 0 Å². The lowest BCUT2D eigenvalue weighted by Crippen LogP contribution is -2.47. The second-order valence-electron chi connectivity index (χ2n) is 11.8. The highest BCUT2D eigenvalue weighted by molar-refractivity contribution is 5.59. The van der Waals surface area contributed by atoms with E-state index in [0.29, 0.717) is 30.4 Å². The van der Waals surface area contributed by atoms with Gasteiger partial charge in [-0.25, -0.2) is 9.97 Å². The van der Waals surface area contributed by atoms with Crippen molar-refractivity contribution in [1.82, 2.24) is 20.3 Å². The van der Waals surface area contributed by atoms with E-state index in [1.54, 1.807) is 6.20 Å². The summed E-state index contributed by atoms with van der Waals surface area (Å²) in [6.07, 6.45) is 10.6. The molecule has 10 heteroatoms. The van der Waals surface area contributed by atoms with Crippen LogP contribution in [0, 0.1) is 0 Å². The quantitative estimate of drug-likeness (QED) is 0.307. The SMILES string of the molecule is CCC(CC)(COc1ccnc(-c2nc3c(c(N(C)CC(O)N[C@@H]4CCC[C@@H]4O)n2)CCC3)c1)OC1CCCCO1. The van der Waals surface area contributed by atoms with Crippen LogP contribution in [0.2, 0.25) is 0 Å². The second kappa shape index (κ2) is 13.7. The molecule has 0 amide bonds. The molecule has 2 fully saturated rings. The number of aliphatic hydroxyl groups is 2. The van der Waals surface area contributed by atoms with Crippen LogP contribution in [0.3, 0.4) is 0 Å². The molecule has 3 N–H and O–H groups in total. The van der Waals surface area contributed by atoms with Crippen LogP contribution in [0.1, 0.15) is 82.9 Å². The average Bonchev–Trinajstić information content (AvgIpc) is 3.64. The van der Waals surface area contributed by atoms with Gasteiger partial charge in [0, 0.05) is 43.2 Å². The summed E-state index contributed by atoms with van der Waals surface area (Å²) in [5.41, 5.74) is 2.40. The van der Waals surface area contributed by atoms with E-state index in [1.807, 2.05) is 24.1 Å². The zero-order valence-corrected chi connectivity index (χ0v) is 24.8. The van der Waals surface area contributed by atoms with Crippen molar-refractivity contribution in [2.45, 2.75) is 115 Å². The van der Waals surface area contributed by atoms with E-state index in [1.165, 1.54) is 0 Å². The van der Waals surface area contributed by atoms with Crippen LogP contribution in [-0.2, 0) is 22.3 Å². The molecule has 10 nitrogen and oxygen atoms in total. The molecule has 0 spiro atoms. The van der Waals surface area contributed by atoms with Crippen LogP contribution in [0.25, 0.3) is 11.5 Å². The van der Waals surface area contributed by atoms with E-state index in [0.717, 1.165) is 94.3 Å². The molecule has 41 heavy (non-hydrogen) atoms. The third-order valence-electron chi connectivity index (χ3n) is 8.88. The second-order valence-corrected chi connectivity index (χ2v) is 11.8. The maximum Gasteiger partial charge on any atom is 0.180 e. The molecule has 0 aromatic carbocycles. The Balaban J connectivity index is 1.29. The number of aryl methyl sites for hydroxylation is 1. The summed E-state index contributed by atoms with van der Waals surface area (Å²) in [5, 5.41) is 24.1. The highest BCUT2D eigenvalue weighted by Crippen LogP contribution is 2.32. The molecule has 2 aromatic heterocycles. The smallest absolute Gasteiger partial charge is 0.180 e. The van der Waals surface area contributed by atoms with Crippen molar-refractivity contribution in [1.29, 1.82) is 0 Å². The molecule has 2 aromatic rings. The van der Waals surface area contributed by atoms with Gasteiger partial charge in [-0.15, -0.1) is 0 Å². The summed E-state index contributed by atoms with van der Waals surface area (Å²) in [6.45, 7) is 5.78. The fourth-order valence-corrected chi connectivity index (χ4v) is 6.20. The summed E-state index contributed by atoms with van der Waals surface area (Å²) in [4.78, 5) is 16.4. The number of anilines is 1. The van der Waals surface area contributed by atoms with Crippen molar-refractivity contribution in [3.05, 3.63) is 29.6 Å². The van der Waals surface area contributed by atoms with Gasteiger partial charge in [0.05, 0.1) is 12.6 Å². The monoisotopic (exact) mass is 569 g/mol. The fraction of sp³-hybridized carbons (Fsp3) is 0.710. The Bertz CT molecular complexity index is 1140. The van der Waals surface area contributed by atoms with Crippen LogP contribution < -0.4 is 15.0 Å². The first-order valence-electron chi connectivity index (χ1n) is 15.5. The first-order chi connectivity index (χ1) is 19.9. The molecule has 5 rings (SSSR count). The van der Waals surface area contributed by atoms with Crippen molar-refractivity contribution >= 4 is 5.82 Å². The Morgan fingerprint density at radius 1 is 1.12 bits per heavy atom. The number of ether oxygens (including phenoxy) is 3. The topological polar surface area (TPSA) is 122 Å². The van der Waals surface area contributed by atoms with E-state index >= 15 is 0 Å². The van der Waals surface area contributed by atoms with Gasteiger partial charge in [-0.1, -0.05) is 13.8 Å². The number of rotatable bonds is 13. The predicted molar refractivity (Wildman–Crippen MR) is 157 cm³/mol. The Morgan fingerprint density at radius 2 is 1.98 bits per heavy atom. The number of hydrogen-bond acceptors (Lipinski definition) is 10. The van der Waals surface area contributed by atoms with Crippen LogP contribution in [0.4, 0.5) is 5.82 Å². The number of aliphatic hydroxyl groups excluding tert-OH is 2. The molecule has 2 unspecified atom stereocenters. The maximum atomic E-state index is 10.7. The molecule has 0 bridgehead atoms. The van der Waals surface area contributed by atoms with Crippen molar-refractivity contribution in [3.8, 4) is 17.3 Å². The maximum absolute atomic E-state index is 10.7. The lowest BCUT2D eigenvalue weighted by molar-refractivity contribution is -0.234. The van der Waals surface area contributed by atoms with E-state index in [2.05, 4.69) is 24.1 Å². The highest BCUT2D eigenvalue weighted by Gasteiger charge is 2.33. The normalized spacial score (nSPS) is 23.4. The molecule has 1 aliphatic heterocycles. The van der Waals surface area contributed by atoms with Crippen LogP contribution in [0.15, 0.2) is 18.3 Å². The highest BCUT2D eigenvalue weighted by atomic mass is 16.7. The van der Waals surface area contributed by atoms with Gasteiger partial charge in [0.15, 0.2) is 12.1 Å². The number of hydrogen-bond donors (Lipinski definition) is 3. The molecule has 3 aliphatic rings. The van der Waals surface area contributed by atoms with Crippen LogP contribution in [0.5, 0.6) is 5.75 Å². The molecule has 1 saturated carbocycles. The summed E-state index contributed by atoms with van der Waals surface area (Å²) < 4.78 is 18.6. The van der Waals surface area contributed by atoms with Gasteiger partial charge in [-0.3, -0.25) is 10.3 Å². The van der Waals surface area contributed by atoms with Gasteiger partial charge in [-0.2, -0.15) is 0 Å². The van der Waals surface area contributed by atoms with Gasteiger partial charge in [0.25, 0.3) is 0 Å². The van der Waals surface area contributed by atoms with Crippen molar-refractivity contribution < 1.29 is 24.4 Å². The fourth-order valence-electron chi connectivity index (χ4n) is 6.20. The summed E-state index contributed by atoms with van der Waals surface area (Å²) in [6, 6.07) is 3.68. The van der Waals surface area contributed by atoms with E-state index in [4.69, 9.17) is 24.2 Å². The van der Waals surface area contributed by atoms with Gasteiger partial charge in [-0.05, 0) is 76.7 Å². The van der Waals surface area contributed by atoms with Gasteiger partial charge in [0.1, 0.15) is 35.7 Å². The number of likely N-dealkylation sites (N-methyl/N-ethyl adjacent to an activating group) is 1. The minimum Gasteiger partial charge on any atom is -0.490 e. The lowest BCUT2D eigenvalue weighted by atomic mass is 9.98. The molecule has 4 atom stereocenters. The molecule has 2 aliphatic carbocycles. The minimum atomic E-state index is -0.776. The van der Waals surface area contributed by atoms with Crippen LogP contribution in [-0.4, -0.2) is 82.2 Å². The minimum absolute atomic E-state index is 0.0724. The number of pyridine rings is 1. The predicted octanol–water partition coefficient (Wildman–Crippen LogP) is 3.77. The number of aromatic nitrogens is 3. The van der Waals surface area contributed by atoms with Gasteiger partial charge < -0.3 is 29.3 Å². The third-order valence-corrected chi connectivity index (χ3v) is 8.88. The molecular formula is C31H47N5O5. The number of fused-ring (bicyclic) bond motifs is 1. The molecule has 1 saturated heterocycles. The van der Waals surface area contributed by atoms with Crippen molar-refractivity contribution in [2.24, 2.45) is 0 Å². The van der Waals surface area contributed by atoms with E-state index in [9.17, 15) is 10.2 Å². The lowest BCUT2D eigenvalue weighted by Gasteiger charge is -2.36. The molecule has 226 valence electrons.